The third kappa shape index (κ3) is 4.60. The number of benzene rings is 2. The van der Waals surface area contributed by atoms with Gasteiger partial charge in [-0.1, -0.05) is 46.3 Å². The lowest BCUT2D eigenvalue weighted by Crippen LogP contribution is -2.49. The number of nitrogens with one attached hydrogen (secondary N) is 1. The van der Waals surface area contributed by atoms with Gasteiger partial charge in [-0.25, -0.2) is 0 Å². The molecular weight excluding hydrogens is 394 g/mol. The largest absolute Gasteiger partial charge is 0.346 e. The van der Waals surface area contributed by atoms with E-state index < -0.39 is 0 Å². The lowest BCUT2D eigenvalue weighted by atomic mass is 10.1. The highest BCUT2D eigenvalue weighted by Gasteiger charge is 2.20. The van der Waals surface area contributed by atoms with E-state index in [9.17, 15) is 0 Å². The lowest BCUT2D eigenvalue weighted by molar-refractivity contribution is 0.176. The smallest absolute Gasteiger partial charge is 0.173 e. The maximum atomic E-state index is 5.64. The van der Waals surface area contributed by atoms with Gasteiger partial charge >= 0.3 is 0 Å². The van der Waals surface area contributed by atoms with Crippen LogP contribution in [0, 0.1) is 13.8 Å². The molecule has 3 nitrogen and oxygen atoms in total. The van der Waals surface area contributed by atoms with Crippen molar-refractivity contribution in [3.8, 4) is 0 Å². The van der Waals surface area contributed by atoms with Crippen molar-refractivity contribution in [2.45, 2.75) is 20.4 Å². The van der Waals surface area contributed by atoms with E-state index in [1.54, 1.807) is 0 Å². The average molecular weight is 418 g/mol. The molecule has 132 valence electrons. The van der Waals surface area contributed by atoms with Gasteiger partial charge in [0.25, 0.3) is 0 Å². The van der Waals surface area contributed by atoms with Gasteiger partial charge in [0.15, 0.2) is 5.11 Å². The van der Waals surface area contributed by atoms with Crippen LogP contribution in [0.2, 0.25) is 0 Å². The third-order valence-electron chi connectivity index (χ3n) is 4.86. The van der Waals surface area contributed by atoms with E-state index in [0.717, 1.165) is 43.5 Å². The van der Waals surface area contributed by atoms with Crippen LogP contribution in [0.4, 0.5) is 5.69 Å². The summed E-state index contributed by atoms with van der Waals surface area (Å²) in [6.45, 7) is 9.21. The first kappa shape index (κ1) is 18.4. The number of anilines is 1. The van der Waals surface area contributed by atoms with Crippen LogP contribution in [0.1, 0.15) is 16.7 Å². The van der Waals surface area contributed by atoms with E-state index in [4.69, 9.17) is 12.2 Å². The minimum absolute atomic E-state index is 0.828. The molecular formula is C20H24BrN3S. The zero-order chi connectivity index (χ0) is 17.8. The molecule has 1 fully saturated rings. The molecule has 1 aliphatic rings. The summed E-state index contributed by atoms with van der Waals surface area (Å²) in [7, 11) is 0. The molecule has 0 unspecified atom stereocenters. The van der Waals surface area contributed by atoms with Crippen LogP contribution in [0.15, 0.2) is 46.9 Å². The number of halogens is 1. The summed E-state index contributed by atoms with van der Waals surface area (Å²) < 4.78 is 1.18. The SMILES string of the molecule is Cc1cccc(NC(=S)N2CCN(Cc3ccccc3Br)CC2)c1C. The minimum Gasteiger partial charge on any atom is -0.346 e. The number of nitrogens with zero attached hydrogens (tertiary/aromatic N) is 2. The van der Waals surface area contributed by atoms with Crippen LogP contribution in [0.3, 0.4) is 0 Å². The van der Waals surface area contributed by atoms with Gasteiger partial charge in [0.1, 0.15) is 0 Å². The standard InChI is InChI=1S/C20H24BrN3S/c1-15-6-5-9-19(16(15)2)22-20(25)24-12-10-23(11-13-24)14-17-7-3-4-8-18(17)21/h3-9H,10-14H2,1-2H3,(H,22,25). The molecule has 0 aromatic heterocycles. The maximum Gasteiger partial charge on any atom is 0.173 e. The Labute approximate surface area is 164 Å². The summed E-state index contributed by atoms with van der Waals surface area (Å²) in [6.07, 6.45) is 0. The normalized spacial score (nSPS) is 15.2. The predicted octanol–water partition coefficient (Wildman–Crippen LogP) is 4.58. The molecule has 1 heterocycles. The van der Waals surface area contributed by atoms with Crippen LogP contribution in [0.5, 0.6) is 0 Å². The molecule has 0 radical (unpaired) electrons. The van der Waals surface area contributed by atoms with Crippen molar-refractivity contribution in [2.75, 3.05) is 31.5 Å². The van der Waals surface area contributed by atoms with E-state index in [-0.39, 0.29) is 0 Å². The second kappa shape index (κ2) is 8.30. The number of hydrogen-bond donors (Lipinski definition) is 1. The Morgan fingerprint density at radius 1 is 1.04 bits per heavy atom. The van der Waals surface area contributed by atoms with Gasteiger partial charge < -0.3 is 10.2 Å². The van der Waals surface area contributed by atoms with Crippen molar-refractivity contribution in [1.82, 2.24) is 9.80 Å². The zero-order valence-electron chi connectivity index (χ0n) is 14.8. The van der Waals surface area contributed by atoms with Crippen LogP contribution >= 0.6 is 28.1 Å². The first-order chi connectivity index (χ1) is 12.0. The molecule has 0 aliphatic carbocycles. The van der Waals surface area contributed by atoms with Gasteiger partial charge in [-0.2, -0.15) is 0 Å². The molecule has 1 saturated heterocycles. The van der Waals surface area contributed by atoms with Crippen LogP contribution in [-0.2, 0) is 6.54 Å². The summed E-state index contributed by atoms with van der Waals surface area (Å²) in [6, 6.07) is 14.7. The van der Waals surface area contributed by atoms with Gasteiger partial charge in [-0.05, 0) is 54.9 Å². The molecule has 0 atom stereocenters. The highest BCUT2D eigenvalue weighted by atomic mass is 79.9. The molecule has 3 rings (SSSR count). The Kier molecular flexibility index (Phi) is 6.10. The molecule has 1 N–H and O–H groups in total. The Morgan fingerprint density at radius 3 is 2.48 bits per heavy atom. The third-order valence-corrected chi connectivity index (χ3v) is 5.99. The molecule has 5 heteroatoms. The van der Waals surface area contributed by atoms with E-state index in [1.807, 2.05) is 0 Å². The van der Waals surface area contributed by atoms with Gasteiger partial charge in [0.05, 0.1) is 0 Å². The number of aryl methyl sites for hydroxylation is 1. The number of hydrogen-bond acceptors (Lipinski definition) is 2. The summed E-state index contributed by atoms with van der Waals surface area (Å²) >= 11 is 9.28. The number of thiocarbonyl (C=S) groups is 1. The van der Waals surface area contributed by atoms with Crippen LogP contribution < -0.4 is 5.32 Å². The fourth-order valence-corrected chi connectivity index (χ4v) is 3.76. The Bertz CT molecular complexity index is 754. The van der Waals surface area contributed by atoms with Crippen LogP contribution in [0.25, 0.3) is 0 Å². The quantitative estimate of drug-likeness (QED) is 0.736. The highest BCUT2D eigenvalue weighted by molar-refractivity contribution is 9.10. The Balaban J connectivity index is 1.54. The van der Waals surface area contributed by atoms with Crippen molar-refractivity contribution in [3.05, 3.63) is 63.6 Å². The monoisotopic (exact) mass is 417 g/mol. The van der Waals surface area contributed by atoms with Crippen molar-refractivity contribution >= 4 is 38.9 Å². The fourth-order valence-electron chi connectivity index (χ4n) is 3.06. The van der Waals surface area contributed by atoms with Gasteiger partial charge in [0, 0.05) is 42.9 Å². The molecule has 2 aromatic rings. The van der Waals surface area contributed by atoms with E-state index >= 15 is 0 Å². The fraction of sp³-hybridized carbons (Fsp3) is 0.350. The number of rotatable bonds is 3. The van der Waals surface area contributed by atoms with Gasteiger partial charge in [0.2, 0.25) is 0 Å². The number of piperazine rings is 1. The second-order valence-corrected chi connectivity index (χ2v) is 7.77. The van der Waals surface area contributed by atoms with E-state index in [2.05, 4.69) is 87.4 Å². The van der Waals surface area contributed by atoms with E-state index in [1.165, 1.54) is 21.2 Å². The zero-order valence-corrected chi connectivity index (χ0v) is 17.2. The molecule has 25 heavy (non-hydrogen) atoms. The summed E-state index contributed by atoms with van der Waals surface area (Å²) in [5.74, 6) is 0. The Hall–Kier alpha value is -1.43. The van der Waals surface area contributed by atoms with Gasteiger partial charge in [-0.3, -0.25) is 4.90 Å². The van der Waals surface area contributed by atoms with Crippen LogP contribution in [-0.4, -0.2) is 41.1 Å². The summed E-state index contributed by atoms with van der Waals surface area (Å²) in [4.78, 5) is 4.75. The summed E-state index contributed by atoms with van der Waals surface area (Å²) in [5, 5.41) is 4.25. The maximum absolute atomic E-state index is 5.64. The molecule has 0 amide bonds. The van der Waals surface area contributed by atoms with Crippen molar-refractivity contribution < 1.29 is 0 Å². The Morgan fingerprint density at radius 2 is 1.76 bits per heavy atom. The lowest BCUT2D eigenvalue weighted by Gasteiger charge is -2.36. The first-order valence-corrected chi connectivity index (χ1v) is 9.82. The molecule has 2 aromatic carbocycles. The summed E-state index contributed by atoms with van der Waals surface area (Å²) in [5.41, 5.74) is 5.00. The van der Waals surface area contributed by atoms with E-state index in [0.29, 0.717) is 0 Å². The van der Waals surface area contributed by atoms with Gasteiger partial charge in [-0.15, -0.1) is 0 Å². The highest BCUT2D eigenvalue weighted by Crippen LogP contribution is 2.20. The average Bonchev–Trinajstić information content (AvgIpc) is 2.61. The molecule has 0 bridgehead atoms. The molecule has 0 spiro atoms. The van der Waals surface area contributed by atoms with Crippen molar-refractivity contribution in [3.63, 3.8) is 0 Å². The molecule has 1 aliphatic heterocycles. The van der Waals surface area contributed by atoms with Crippen molar-refractivity contribution in [2.24, 2.45) is 0 Å². The molecule has 0 saturated carbocycles. The predicted molar refractivity (Wildman–Crippen MR) is 113 cm³/mol. The minimum atomic E-state index is 0.828. The topological polar surface area (TPSA) is 18.5 Å². The first-order valence-electron chi connectivity index (χ1n) is 8.62. The second-order valence-electron chi connectivity index (χ2n) is 6.53. The van der Waals surface area contributed by atoms with Crippen molar-refractivity contribution in [1.29, 1.82) is 0 Å².